The molecule has 0 aliphatic carbocycles. The quantitative estimate of drug-likeness (QED) is 0.0292. The number of para-hydroxylation sites is 1. The molecule has 0 aliphatic heterocycles. The van der Waals surface area contributed by atoms with Crippen LogP contribution in [-0.4, -0.2) is 84.7 Å². The highest BCUT2D eigenvalue weighted by atomic mass is 35.5. The van der Waals surface area contributed by atoms with Crippen LogP contribution in [0, 0.1) is 10.1 Å². The number of nitro groups is 1. The van der Waals surface area contributed by atoms with E-state index in [1.807, 2.05) is 0 Å². The van der Waals surface area contributed by atoms with Crippen molar-refractivity contribution in [3.63, 3.8) is 0 Å². The van der Waals surface area contributed by atoms with Gasteiger partial charge >= 0.3 is 13.3 Å². The molecule has 0 aromatic heterocycles. The molecule has 0 saturated heterocycles. The number of nitrogens with two attached hydrogens (primary N) is 1. The number of phenolic OH excluding ortho intramolecular Hbond substituents is 5. The van der Waals surface area contributed by atoms with Gasteiger partial charge < -0.3 is 54.0 Å². The summed E-state index contributed by atoms with van der Waals surface area (Å²) in [5, 5.41) is 59.6. The first-order valence-electron chi connectivity index (χ1n) is 16.9. The number of nitrogen functional groups attached to an aromatic ring is 1. The summed E-state index contributed by atoms with van der Waals surface area (Å²) in [6.45, 7) is 9.20. The van der Waals surface area contributed by atoms with Crippen LogP contribution >= 0.6 is 75.4 Å². The summed E-state index contributed by atoms with van der Waals surface area (Å²) < 4.78 is 56.2. The molecule has 0 aliphatic rings. The van der Waals surface area contributed by atoms with Crippen molar-refractivity contribution in [3.8, 4) is 28.7 Å². The number of nitro benzene ring substituents is 1. The van der Waals surface area contributed by atoms with E-state index in [1.165, 1.54) is 63.9 Å². The first-order chi connectivity index (χ1) is 27.9. The van der Waals surface area contributed by atoms with Crippen molar-refractivity contribution >= 4 is 108 Å². The molecular formula is C38H46Cl4N2O13P4. The third-order valence-electron chi connectivity index (χ3n) is 7.49. The smallest absolute Gasteiger partial charge is 0.364 e. The lowest BCUT2D eigenvalue weighted by Gasteiger charge is -2.14. The molecule has 5 aromatic carbocycles. The number of nitrogens with zero attached hydrogens (tertiary/aromatic N) is 1. The van der Waals surface area contributed by atoms with Crippen LogP contribution in [0.3, 0.4) is 0 Å². The molecular weight excluding hydrogens is 958 g/mol. The lowest BCUT2D eigenvalue weighted by atomic mass is 10.3. The zero-order valence-corrected chi connectivity index (χ0v) is 40.6. The van der Waals surface area contributed by atoms with Gasteiger partial charge in [-0.15, -0.1) is 0 Å². The van der Waals surface area contributed by atoms with E-state index in [4.69, 9.17) is 66.3 Å². The molecule has 0 spiro atoms. The summed E-state index contributed by atoms with van der Waals surface area (Å²) in [5.74, 6) is -0.493. The molecule has 0 atom stereocenters. The Bertz CT molecular complexity index is 2440. The minimum atomic E-state index is -3.43. The molecule has 0 amide bonds. The Morgan fingerprint density at radius 2 is 0.951 bits per heavy atom. The molecule has 0 bridgehead atoms. The lowest BCUT2D eigenvalue weighted by molar-refractivity contribution is -0.385. The molecule has 23 heteroatoms. The van der Waals surface area contributed by atoms with E-state index in [9.17, 15) is 48.8 Å². The summed E-state index contributed by atoms with van der Waals surface area (Å²) in [6, 6.07) is 22.3. The van der Waals surface area contributed by atoms with E-state index < -0.39 is 45.4 Å². The van der Waals surface area contributed by atoms with E-state index in [-0.39, 0.29) is 44.3 Å². The molecule has 0 radical (unpaired) electrons. The van der Waals surface area contributed by atoms with Crippen molar-refractivity contribution < 1.29 is 57.8 Å². The van der Waals surface area contributed by atoms with Crippen molar-refractivity contribution in [2.24, 2.45) is 0 Å². The monoisotopic (exact) mass is 1000 g/mol. The van der Waals surface area contributed by atoms with Crippen LogP contribution < -0.4 is 27.0 Å². The van der Waals surface area contributed by atoms with Gasteiger partial charge in [0.15, 0.2) is 0 Å². The number of hydrogen-bond donors (Lipinski definition) is 6. The van der Waals surface area contributed by atoms with Gasteiger partial charge in [0.2, 0.25) is 5.75 Å². The number of halogens is 4. The topological polar surface area (TPSA) is 257 Å². The van der Waals surface area contributed by atoms with E-state index in [0.29, 0.717) is 25.7 Å². The minimum Gasteiger partial charge on any atom is -0.508 e. The van der Waals surface area contributed by atoms with Gasteiger partial charge in [-0.2, -0.15) is 0 Å². The highest BCUT2D eigenvalue weighted by Gasteiger charge is 2.28. The first-order valence-corrected chi connectivity index (χ1v) is 27.8. The molecule has 7 N–H and O–H groups in total. The molecule has 334 valence electrons. The third kappa shape index (κ3) is 17.9. The molecule has 0 heterocycles. The van der Waals surface area contributed by atoms with Crippen LogP contribution in [0.25, 0.3) is 0 Å². The van der Waals surface area contributed by atoms with E-state index in [2.05, 4.69) is 0 Å². The van der Waals surface area contributed by atoms with Crippen molar-refractivity contribution in [1.82, 2.24) is 0 Å². The number of benzene rings is 5. The molecule has 61 heavy (non-hydrogen) atoms. The van der Waals surface area contributed by atoms with Crippen LogP contribution in [0.1, 0.15) is 0 Å². The normalized spacial score (nSPS) is 11.2. The summed E-state index contributed by atoms with van der Waals surface area (Å²) >= 11 is 22.5. The standard InChI is InChI=1S/C8H9ClNO4P.C8H10ClO4P.C8H10ClO2P.C8H12NO2P.C6H5ClO/c1-15(2,14)7-4-5(9)3-6(8(7)11)10(12)13;1-12-14(11,13-2)8-5-6(9)3-4-7(8)10;1-12(2,11)8-5-6(9)3-4-7(8)10;1-12(2,11)7-5-3-4-6(9)8(7)10;7-5-1-3-6(8)4-2-5/h3-4,11H,1-2H3;3-5,10H,1-2H3;3-5,10H,1-2H3;3-5,10H,9H2,1-2H3;1-4,8H. The summed E-state index contributed by atoms with van der Waals surface area (Å²) in [4.78, 5) is 9.79. The summed E-state index contributed by atoms with van der Waals surface area (Å²) in [5.41, 5.74) is 5.19. The highest BCUT2D eigenvalue weighted by Crippen LogP contribution is 2.48. The zero-order chi connectivity index (χ0) is 47.3. The van der Waals surface area contributed by atoms with Crippen LogP contribution in [0.15, 0.2) is 91.0 Å². The molecule has 15 nitrogen and oxygen atoms in total. The maximum absolute atomic E-state index is 11.9. The summed E-state index contributed by atoms with van der Waals surface area (Å²) in [6.07, 6.45) is 0. The van der Waals surface area contributed by atoms with Gasteiger partial charge in [-0.3, -0.25) is 14.7 Å². The second-order valence-corrected chi connectivity index (χ2v) is 26.9. The van der Waals surface area contributed by atoms with Crippen LogP contribution in [0.4, 0.5) is 11.4 Å². The maximum atomic E-state index is 11.9. The number of rotatable bonds is 7. The van der Waals surface area contributed by atoms with Crippen molar-refractivity contribution in [2.75, 3.05) is 59.9 Å². The molecule has 0 unspecified atom stereocenters. The van der Waals surface area contributed by atoms with Gasteiger partial charge in [-0.05, 0) is 119 Å². The van der Waals surface area contributed by atoms with E-state index >= 15 is 0 Å². The Labute approximate surface area is 373 Å². The number of phenols is 5. The second-order valence-electron chi connectivity index (χ2n) is 13.4. The molecule has 0 saturated carbocycles. The average molecular weight is 1000 g/mol. The predicted octanol–water partition coefficient (Wildman–Crippen LogP) is 9.92. The van der Waals surface area contributed by atoms with Gasteiger partial charge in [0, 0.05) is 40.4 Å². The fourth-order valence-corrected chi connectivity index (χ4v) is 9.80. The Morgan fingerprint density at radius 1 is 0.541 bits per heavy atom. The van der Waals surface area contributed by atoms with Crippen LogP contribution in [-0.2, 0) is 27.3 Å². The third-order valence-corrected chi connectivity index (χ3v) is 14.9. The molecule has 5 rings (SSSR count). The Balaban J connectivity index is 0.000000386. The fourth-order valence-electron chi connectivity index (χ4n) is 4.46. The first kappa shape index (κ1) is 55.3. The molecule has 5 aromatic rings. The Morgan fingerprint density at radius 3 is 1.33 bits per heavy atom. The predicted molar refractivity (Wildman–Crippen MR) is 250 cm³/mol. The lowest BCUT2D eigenvalue weighted by Crippen LogP contribution is -2.08. The molecule has 0 fully saturated rings. The van der Waals surface area contributed by atoms with Gasteiger partial charge in [-0.1, -0.05) is 52.5 Å². The van der Waals surface area contributed by atoms with Crippen LogP contribution in [0.5, 0.6) is 28.7 Å². The number of aromatic hydroxyl groups is 5. The fraction of sp³-hybridized carbons (Fsp3) is 0.211. The van der Waals surface area contributed by atoms with Crippen molar-refractivity contribution in [3.05, 3.63) is 121 Å². The van der Waals surface area contributed by atoms with Gasteiger partial charge in [-0.25, -0.2) is 0 Å². The average Bonchev–Trinajstić information content (AvgIpc) is 3.16. The maximum Gasteiger partial charge on any atom is 0.364 e. The van der Waals surface area contributed by atoms with Crippen molar-refractivity contribution in [2.45, 2.75) is 0 Å². The second kappa shape index (κ2) is 23.7. The van der Waals surface area contributed by atoms with Crippen molar-refractivity contribution in [1.29, 1.82) is 0 Å². The van der Waals surface area contributed by atoms with E-state index in [0.717, 1.165) is 6.07 Å². The number of anilines is 1. The van der Waals surface area contributed by atoms with Gasteiger partial charge in [0.25, 0.3) is 0 Å². The van der Waals surface area contributed by atoms with E-state index in [1.54, 1.807) is 75.2 Å². The van der Waals surface area contributed by atoms with Crippen LogP contribution in [0.2, 0.25) is 20.1 Å². The SMILES string of the molecule is COP(=O)(OC)c1cc(Cl)ccc1O.CP(C)(=O)c1cc(Cl)cc([N+](=O)[O-])c1O.CP(C)(=O)c1cc(Cl)ccc1O.CP(C)(=O)c1cccc(N)c1O.Oc1ccc(Cl)cc1. The zero-order valence-electron chi connectivity index (χ0n) is 34.0. The number of hydrogen-bond acceptors (Lipinski definition) is 14. The Kier molecular flexibility index (Phi) is 21.5. The Hall–Kier alpha value is -3.70. The minimum absolute atomic E-state index is 0.0294. The van der Waals surface area contributed by atoms with Gasteiger partial charge in [0.05, 0.1) is 26.5 Å². The summed E-state index contributed by atoms with van der Waals surface area (Å²) in [7, 11) is -8.57. The van der Waals surface area contributed by atoms with Gasteiger partial charge in [0.1, 0.15) is 49.7 Å². The largest absolute Gasteiger partial charge is 0.508 e. The highest BCUT2D eigenvalue weighted by molar-refractivity contribution is 7.71.